The number of nitrogens with one attached hydrogen (secondary N) is 2. The zero-order chi connectivity index (χ0) is 18.2. The van der Waals surface area contributed by atoms with Crippen LogP contribution in [0.1, 0.15) is 0 Å². The molecule has 2 rings (SSSR count). The number of anilines is 1. The second-order valence-electron chi connectivity index (χ2n) is 4.83. The number of ether oxygens (including phenoxy) is 2. The van der Waals surface area contributed by atoms with Gasteiger partial charge in [0.1, 0.15) is 18.1 Å². The van der Waals surface area contributed by atoms with E-state index >= 15 is 0 Å². The van der Waals surface area contributed by atoms with Crippen molar-refractivity contribution in [2.24, 2.45) is 0 Å². The Balaban J connectivity index is 1.76. The summed E-state index contributed by atoms with van der Waals surface area (Å²) >= 11 is 11.9. The molecule has 0 saturated carbocycles. The molecule has 0 aromatic heterocycles. The summed E-state index contributed by atoms with van der Waals surface area (Å²) in [5.41, 5.74) is 0.195. The molecule has 0 unspecified atom stereocenters. The maximum atomic E-state index is 11.9. The third kappa shape index (κ3) is 5.55. The molecule has 0 radical (unpaired) electrons. The third-order valence-electron chi connectivity index (χ3n) is 3.12. The van der Waals surface area contributed by atoms with Crippen LogP contribution in [0.5, 0.6) is 11.5 Å². The van der Waals surface area contributed by atoms with E-state index < -0.39 is 11.8 Å². The van der Waals surface area contributed by atoms with Crippen LogP contribution < -0.4 is 20.1 Å². The number of rotatable bonds is 6. The van der Waals surface area contributed by atoms with Crippen molar-refractivity contribution in [1.29, 1.82) is 0 Å². The largest absolute Gasteiger partial charge is 0.497 e. The molecule has 0 bridgehead atoms. The van der Waals surface area contributed by atoms with Crippen molar-refractivity contribution in [3.05, 3.63) is 52.5 Å². The van der Waals surface area contributed by atoms with Crippen molar-refractivity contribution in [3.8, 4) is 11.5 Å². The second-order valence-corrected chi connectivity index (χ2v) is 5.65. The molecule has 2 N–H and O–H groups in total. The molecular weight excluding hydrogens is 367 g/mol. The Morgan fingerprint density at radius 3 is 2.16 bits per heavy atom. The van der Waals surface area contributed by atoms with Gasteiger partial charge < -0.3 is 20.1 Å². The Bertz CT molecular complexity index is 731. The summed E-state index contributed by atoms with van der Waals surface area (Å²) in [7, 11) is 1.58. The Kier molecular flexibility index (Phi) is 6.91. The zero-order valence-corrected chi connectivity index (χ0v) is 14.9. The lowest BCUT2D eigenvalue weighted by Crippen LogP contribution is -2.37. The predicted octanol–water partition coefficient (Wildman–Crippen LogP) is 3.14. The van der Waals surface area contributed by atoms with Gasteiger partial charge in [-0.25, -0.2) is 0 Å². The minimum absolute atomic E-state index is 0.161. The minimum atomic E-state index is -0.862. The van der Waals surface area contributed by atoms with Crippen LogP contribution in [0.15, 0.2) is 42.5 Å². The Morgan fingerprint density at radius 1 is 0.960 bits per heavy atom. The molecule has 0 heterocycles. The smallest absolute Gasteiger partial charge is 0.313 e. The van der Waals surface area contributed by atoms with Crippen molar-refractivity contribution >= 4 is 40.7 Å². The molecule has 0 aliphatic rings. The van der Waals surface area contributed by atoms with Gasteiger partial charge in [-0.15, -0.1) is 0 Å². The summed E-state index contributed by atoms with van der Waals surface area (Å²) < 4.78 is 10.5. The van der Waals surface area contributed by atoms with Gasteiger partial charge in [0.05, 0.1) is 29.4 Å². The highest BCUT2D eigenvalue weighted by Crippen LogP contribution is 2.29. The summed E-state index contributed by atoms with van der Waals surface area (Å²) in [5, 5.41) is 5.32. The molecule has 0 saturated heterocycles. The average molecular weight is 383 g/mol. The van der Waals surface area contributed by atoms with Crippen LogP contribution in [0.3, 0.4) is 0 Å². The summed E-state index contributed by atoms with van der Waals surface area (Å²) in [6.07, 6.45) is 0. The standard InChI is InChI=1S/C17H16Cl2N2O4/c1-24-11-5-7-12(8-6-11)25-10-9-20-16(22)17(23)21-15-13(18)3-2-4-14(15)19/h2-8H,9-10H2,1H3,(H,20,22)(H,21,23). The Morgan fingerprint density at radius 2 is 1.56 bits per heavy atom. The van der Waals surface area contributed by atoms with Gasteiger partial charge in [-0.1, -0.05) is 29.3 Å². The number of amides is 2. The fourth-order valence-electron chi connectivity index (χ4n) is 1.87. The molecule has 8 heteroatoms. The lowest BCUT2D eigenvalue weighted by Gasteiger charge is -2.10. The monoisotopic (exact) mass is 382 g/mol. The topological polar surface area (TPSA) is 76.7 Å². The van der Waals surface area contributed by atoms with Crippen molar-refractivity contribution in [2.45, 2.75) is 0 Å². The van der Waals surface area contributed by atoms with E-state index in [4.69, 9.17) is 32.7 Å². The van der Waals surface area contributed by atoms with E-state index in [1.165, 1.54) is 0 Å². The van der Waals surface area contributed by atoms with Gasteiger partial charge in [-0.05, 0) is 36.4 Å². The first-order chi connectivity index (χ1) is 12.0. The minimum Gasteiger partial charge on any atom is -0.497 e. The van der Waals surface area contributed by atoms with Crippen LogP contribution in [0.2, 0.25) is 10.0 Å². The predicted molar refractivity (Wildman–Crippen MR) is 96.6 cm³/mol. The van der Waals surface area contributed by atoms with E-state index in [9.17, 15) is 9.59 Å². The van der Waals surface area contributed by atoms with Crippen LogP contribution in [-0.2, 0) is 9.59 Å². The first kappa shape index (κ1) is 18.9. The van der Waals surface area contributed by atoms with Crippen molar-refractivity contribution in [2.75, 3.05) is 25.6 Å². The summed E-state index contributed by atoms with van der Waals surface area (Å²) in [6, 6.07) is 11.8. The second kappa shape index (κ2) is 9.15. The highest BCUT2D eigenvalue weighted by molar-refractivity contribution is 6.44. The number of halogens is 2. The maximum absolute atomic E-state index is 11.9. The SMILES string of the molecule is COc1ccc(OCCNC(=O)C(=O)Nc2c(Cl)cccc2Cl)cc1. The zero-order valence-electron chi connectivity index (χ0n) is 13.3. The van der Waals surface area contributed by atoms with Crippen molar-refractivity contribution in [1.82, 2.24) is 5.32 Å². The molecular formula is C17H16Cl2N2O4. The van der Waals surface area contributed by atoms with Crippen LogP contribution >= 0.6 is 23.2 Å². The first-order valence-corrected chi connectivity index (χ1v) is 8.07. The van der Waals surface area contributed by atoms with Gasteiger partial charge >= 0.3 is 11.8 Å². The number of hydrogen-bond acceptors (Lipinski definition) is 4. The molecule has 132 valence electrons. The van der Waals surface area contributed by atoms with E-state index in [2.05, 4.69) is 10.6 Å². The summed E-state index contributed by atoms with van der Waals surface area (Å²) in [5.74, 6) is -0.327. The first-order valence-electron chi connectivity index (χ1n) is 7.31. The van der Waals surface area contributed by atoms with E-state index in [1.807, 2.05) is 0 Å². The van der Waals surface area contributed by atoms with Gasteiger partial charge in [0.25, 0.3) is 0 Å². The number of carbonyl (C=O) groups is 2. The number of para-hydroxylation sites is 1. The summed E-state index contributed by atoms with van der Waals surface area (Å²) in [6.45, 7) is 0.368. The highest BCUT2D eigenvalue weighted by atomic mass is 35.5. The highest BCUT2D eigenvalue weighted by Gasteiger charge is 2.16. The Labute approximate surface area is 155 Å². The van der Waals surface area contributed by atoms with E-state index in [-0.39, 0.29) is 28.9 Å². The van der Waals surface area contributed by atoms with Crippen LogP contribution in [-0.4, -0.2) is 32.1 Å². The fraction of sp³-hybridized carbons (Fsp3) is 0.176. The Hall–Kier alpha value is -2.44. The van der Waals surface area contributed by atoms with E-state index in [1.54, 1.807) is 49.6 Å². The third-order valence-corrected chi connectivity index (χ3v) is 3.75. The molecule has 0 aliphatic heterocycles. The van der Waals surface area contributed by atoms with Gasteiger partial charge in [-0.3, -0.25) is 9.59 Å². The van der Waals surface area contributed by atoms with Gasteiger partial charge in [0.2, 0.25) is 0 Å². The van der Waals surface area contributed by atoms with Crippen LogP contribution in [0, 0.1) is 0 Å². The number of methoxy groups -OCH3 is 1. The van der Waals surface area contributed by atoms with Crippen molar-refractivity contribution < 1.29 is 19.1 Å². The maximum Gasteiger partial charge on any atom is 0.313 e. The molecule has 6 nitrogen and oxygen atoms in total. The van der Waals surface area contributed by atoms with Gasteiger partial charge in [0.15, 0.2) is 0 Å². The number of benzene rings is 2. The molecule has 0 aliphatic carbocycles. The molecule has 2 aromatic rings. The molecule has 25 heavy (non-hydrogen) atoms. The normalized spacial score (nSPS) is 10.0. The van der Waals surface area contributed by atoms with Gasteiger partial charge in [-0.2, -0.15) is 0 Å². The number of carbonyl (C=O) groups excluding carboxylic acids is 2. The molecule has 0 fully saturated rings. The summed E-state index contributed by atoms with van der Waals surface area (Å²) in [4.78, 5) is 23.6. The molecule has 2 amide bonds. The van der Waals surface area contributed by atoms with Crippen LogP contribution in [0.4, 0.5) is 5.69 Å². The molecule has 0 spiro atoms. The molecule has 2 aromatic carbocycles. The van der Waals surface area contributed by atoms with Crippen LogP contribution in [0.25, 0.3) is 0 Å². The van der Waals surface area contributed by atoms with E-state index in [0.29, 0.717) is 5.75 Å². The van der Waals surface area contributed by atoms with Gasteiger partial charge in [0, 0.05) is 0 Å². The lowest BCUT2D eigenvalue weighted by molar-refractivity contribution is -0.136. The average Bonchev–Trinajstić information content (AvgIpc) is 2.62. The quantitative estimate of drug-likeness (QED) is 0.594. The number of hydrogen-bond donors (Lipinski definition) is 2. The fourth-order valence-corrected chi connectivity index (χ4v) is 2.37. The lowest BCUT2D eigenvalue weighted by atomic mass is 10.3. The van der Waals surface area contributed by atoms with Crippen molar-refractivity contribution in [3.63, 3.8) is 0 Å². The van der Waals surface area contributed by atoms with E-state index in [0.717, 1.165) is 5.75 Å². The molecule has 0 atom stereocenters.